The van der Waals surface area contributed by atoms with E-state index in [2.05, 4.69) is 20.9 Å². The molecule has 10 heteroatoms. The van der Waals surface area contributed by atoms with Gasteiger partial charge in [-0.15, -0.1) is 0 Å². The lowest BCUT2D eigenvalue weighted by Crippen LogP contribution is -2.35. The highest BCUT2D eigenvalue weighted by molar-refractivity contribution is 9.10. The fourth-order valence-electron chi connectivity index (χ4n) is 3.68. The molecule has 4 heterocycles. The molecule has 1 atom stereocenters. The molecule has 0 aliphatic carbocycles. The van der Waals surface area contributed by atoms with E-state index in [1.807, 2.05) is 12.1 Å². The summed E-state index contributed by atoms with van der Waals surface area (Å²) in [4.78, 5) is 32.9. The molecule has 0 radical (unpaired) electrons. The first-order valence-corrected chi connectivity index (χ1v) is 12.3. The van der Waals surface area contributed by atoms with Gasteiger partial charge in [0, 0.05) is 17.3 Å². The first-order valence-electron chi connectivity index (χ1n) is 10.3. The summed E-state index contributed by atoms with van der Waals surface area (Å²) in [5.41, 5.74) is 0.286. The Kier molecular flexibility index (Phi) is 6.33. The normalized spacial score (nSPS) is 19.7. The van der Waals surface area contributed by atoms with Crippen molar-refractivity contribution in [3.8, 4) is 11.6 Å². The molecule has 2 aromatic heterocycles. The molecule has 0 N–H and O–H groups in total. The highest BCUT2D eigenvalue weighted by Crippen LogP contribution is 2.35. The van der Waals surface area contributed by atoms with Crippen LogP contribution in [0.4, 0.5) is 0 Å². The maximum atomic E-state index is 13.3. The number of benzene rings is 1. The third kappa shape index (κ3) is 4.61. The topological polar surface area (TPSA) is 73.1 Å². The van der Waals surface area contributed by atoms with Gasteiger partial charge in [0.1, 0.15) is 21.3 Å². The third-order valence-electron chi connectivity index (χ3n) is 5.32. The fraction of sp³-hybridized carbons (Fsp3) is 0.217. The number of thioether (sulfide) groups is 1. The van der Waals surface area contributed by atoms with Crippen molar-refractivity contribution in [3.05, 3.63) is 74.0 Å². The first kappa shape index (κ1) is 22.3. The average Bonchev–Trinajstić information content (AvgIpc) is 3.42. The van der Waals surface area contributed by atoms with E-state index in [1.165, 1.54) is 22.2 Å². The Balaban J connectivity index is 1.54. The fourth-order valence-corrected chi connectivity index (χ4v) is 5.20. The van der Waals surface area contributed by atoms with Gasteiger partial charge < -0.3 is 9.47 Å². The Hall–Kier alpha value is -2.53. The summed E-state index contributed by atoms with van der Waals surface area (Å²) < 4.78 is 14.4. The summed E-state index contributed by atoms with van der Waals surface area (Å²) >= 11 is 10.0. The average molecular weight is 544 g/mol. The lowest BCUT2D eigenvalue weighted by molar-refractivity contribution is -0.123. The molecule has 0 saturated carbocycles. The van der Waals surface area contributed by atoms with Crippen LogP contribution in [0.3, 0.4) is 0 Å². The molecule has 1 amide bonds. The number of hydrogen-bond acceptors (Lipinski definition) is 7. The molecule has 0 spiro atoms. The second kappa shape index (κ2) is 9.38. The van der Waals surface area contributed by atoms with Crippen LogP contribution in [-0.2, 0) is 9.53 Å². The van der Waals surface area contributed by atoms with Crippen LogP contribution in [0.5, 0.6) is 11.6 Å². The molecule has 3 aromatic rings. The number of pyridine rings is 1. The number of halogens is 1. The minimum absolute atomic E-state index is 0.0175. The summed E-state index contributed by atoms with van der Waals surface area (Å²) in [6, 6.07) is 12.5. The van der Waals surface area contributed by atoms with Gasteiger partial charge in [-0.1, -0.05) is 46.0 Å². The van der Waals surface area contributed by atoms with E-state index < -0.39 is 0 Å². The number of thiocarbonyl (C=S) groups is 1. The van der Waals surface area contributed by atoms with Gasteiger partial charge in [0.05, 0.1) is 17.6 Å². The van der Waals surface area contributed by atoms with Crippen LogP contribution in [0.1, 0.15) is 18.4 Å². The zero-order valence-electron chi connectivity index (χ0n) is 17.3. The monoisotopic (exact) mass is 543 g/mol. The van der Waals surface area contributed by atoms with E-state index in [-0.39, 0.29) is 29.0 Å². The summed E-state index contributed by atoms with van der Waals surface area (Å²) in [5, 5.41) is 0. The highest BCUT2D eigenvalue weighted by Gasteiger charge is 2.35. The Labute approximate surface area is 207 Å². The Bertz CT molecular complexity index is 1330. The van der Waals surface area contributed by atoms with Gasteiger partial charge in [-0.3, -0.25) is 18.9 Å². The molecule has 1 aromatic carbocycles. The van der Waals surface area contributed by atoms with Crippen molar-refractivity contribution >= 4 is 61.9 Å². The van der Waals surface area contributed by atoms with Crippen molar-refractivity contribution in [1.82, 2.24) is 14.3 Å². The highest BCUT2D eigenvalue weighted by atomic mass is 79.9. The molecule has 5 rings (SSSR count). The van der Waals surface area contributed by atoms with E-state index in [0.29, 0.717) is 33.8 Å². The van der Waals surface area contributed by atoms with E-state index in [9.17, 15) is 9.59 Å². The molecule has 1 unspecified atom stereocenters. The molecular weight excluding hydrogens is 526 g/mol. The number of amides is 1. The zero-order valence-corrected chi connectivity index (χ0v) is 20.5. The number of aromatic nitrogens is 2. The lowest BCUT2D eigenvalue weighted by Gasteiger charge is -2.18. The molecule has 2 saturated heterocycles. The molecule has 168 valence electrons. The van der Waals surface area contributed by atoms with Crippen LogP contribution in [0, 0.1) is 0 Å². The largest absolute Gasteiger partial charge is 0.438 e. The molecule has 33 heavy (non-hydrogen) atoms. The van der Waals surface area contributed by atoms with Gasteiger partial charge in [-0.25, -0.2) is 0 Å². The Morgan fingerprint density at radius 3 is 2.82 bits per heavy atom. The molecule has 7 nitrogen and oxygen atoms in total. The number of carbonyl (C=O) groups is 1. The number of carbonyl (C=O) groups excluding carboxylic acids is 1. The third-order valence-corrected chi connectivity index (χ3v) is 7.23. The predicted molar refractivity (Wildman–Crippen MR) is 135 cm³/mol. The minimum Gasteiger partial charge on any atom is -0.438 e. The van der Waals surface area contributed by atoms with Crippen LogP contribution < -0.4 is 10.3 Å². The van der Waals surface area contributed by atoms with Gasteiger partial charge in [-0.05, 0) is 55.3 Å². The Morgan fingerprint density at radius 2 is 2.06 bits per heavy atom. The quantitative estimate of drug-likeness (QED) is 0.343. The van der Waals surface area contributed by atoms with Crippen LogP contribution in [0.25, 0.3) is 11.7 Å². The summed E-state index contributed by atoms with van der Waals surface area (Å²) in [6.07, 6.45) is 5.02. The Morgan fingerprint density at radius 1 is 1.24 bits per heavy atom. The van der Waals surface area contributed by atoms with Crippen LogP contribution in [-0.4, -0.2) is 43.8 Å². The summed E-state index contributed by atoms with van der Waals surface area (Å²) in [7, 11) is 0. The maximum absolute atomic E-state index is 13.3. The van der Waals surface area contributed by atoms with Crippen LogP contribution >= 0.6 is 39.9 Å². The summed E-state index contributed by atoms with van der Waals surface area (Å²) in [5.74, 6) is 0.400. The predicted octanol–water partition coefficient (Wildman–Crippen LogP) is 4.63. The first-order chi connectivity index (χ1) is 16.0. The van der Waals surface area contributed by atoms with Crippen molar-refractivity contribution in [2.24, 2.45) is 0 Å². The number of nitrogens with zero attached hydrogens (tertiary/aromatic N) is 3. The number of fused-ring (bicyclic) bond motifs is 1. The molecule has 2 aliphatic heterocycles. The smallest absolute Gasteiger partial charge is 0.269 e. The van der Waals surface area contributed by atoms with E-state index in [1.54, 1.807) is 41.4 Å². The second-order valence-electron chi connectivity index (χ2n) is 7.55. The zero-order chi connectivity index (χ0) is 22.9. The van der Waals surface area contributed by atoms with Crippen molar-refractivity contribution in [2.75, 3.05) is 13.2 Å². The molecule has 2 fully saturated rings. The number of ether oxygens (including phenoxy) is 2. The van der Waals surface area contributed by atoms with Crippen molar-refractivity contribution in [1.29, 1.82) is 0 Å². The maximum Gasteiger partial charge on any atom is 0.269 e. The van der Waals surface area contributed by atoms with Crippen molar-refractivity contribution < 1.29 is 14.3 Å². The van der Waals surface area contributed by atoms with Crippen molar-refractivity contribution in [2.45, 2.75) is 18.9 Å². The lowest BCUT2D eigenvalue weighted by atomic mass is 10.2. The molecule has 2 aliphatic rings. The van der Waals surface area contributed by atoms with Gasteiger partial charge in [0.2, 0.25) is 5.88 Å². The second-order valence-corrected chi connectivity index (χ2v) is 10.1. The minimum atomic E-state index is -0.336. The standard InChI is InChI=1S/C23H18BrN3O4S2/c24-14-6-8-15(9-7-14)31-20-17(21(28)26-10-2-1-5-19(26)25-20)12-18-22(29)27(23(32)33-18)13-16-4-3-11-30-16/h1-2,5-10,12,16H,3-4,11,13H2/b18-12-. The van der Waals surface area contributed by atoms with E-state index in [4.69, 9.17) is 21.7 Å². The number of rotatable bonds is 5. The van der Waals surface area contributed by atoms with E-state index >= 15 is 0 Å². The number of hydrogen-bond donors (Lipinski definition) is 0. The van der Waals surface area contributed by atoms with Crippen LogP contribution in [0.2, 0.25) is 0 Å². The SMILES string of the molecule is O=C1/C(=C/c2c(Oc3ccc(Br)cc3)nc3ccccn3c2=O)SC(=S)N1CC1CCCO1. The molecule has 0 bridgehead atoms. The molecular formula is C23H18BrN3O4S2. The van der Waals surface area contributed by atoms with Gasteiger partial charge in [0.25, 0.3) is 11.5 Å². The van der Waals surface area contributed by atoms with E-state index in [0.717, 1.165) is 17.3 Å². The van der Waals surface area contributed by atoms with Gasteiger partial charge in [-0.2, -0.15) is 4.98 Å². The van der Waals surface area contributed by atoms with Crippen LogP contribution in [0.15, 0.2) is 62.8 Å². The van der Waals surface area contributed by atoms with Gasteiger partial charge in [0.15, 0.2) is 0 Å². The summed E-state index contributed by atoms with van der Waals surface area (Å²) in [6.45, 7) is 1.12. The van der Waals surface area contributed by atoms with Gasteiger partial charge >= 0.3 is 0 Å². The van der Waals surface area contributed by atoms with Crippen molar-refractivity contribution in [3.63, 3.8) is 0 Å².